The summed E-state index contributed by atoms with van der Waals surface area (Å²) in [5, 5.41) is 8.83. The number of benzene rings is 1. The monoisotopic (exact) mass is 246 g/mol. The van der Waals surface area contributed by atoms with Crippen LogP contribution in [0.25, 0.3) is 0 Å². The normalized spacial score (nSPS) is 11.6. The summed E-state index contributed by atoms with van der Waals surface area (Å²) < 4.78 is 33.3. The minimum absolute atomic E-state index is 0.0379. The zero-order chi connectivity index (χ0) is 12.0. The van der Waals surface area contributed by atoms with Gasteiger partial charge in [0.1, 0.15) is 0 Å². The highest BCUT2D eigenvalue weighted by Gasteiger charge is 2.06. The van der Waals surface area contributed by atoms with E-state index in [1.807, 2.05) is 24.3 Å². The largest absolute Gasteiger partial charge is 0.397 e. The van der Waals surface area contributed by atoms with Crippen molar-refractivity contribution in [2.24, 2.45) is 0 Å². The first-order chi connectivity index (χ1) is 7.53. The Labute approximate surface area is 94.6 Å². The molecule has 0 heterocycles. The van der Waals surface area contributed by atoms with Gasteiger partial charge < -0.3 is 5.11 Å². The SMILES string of the molecule is O=S(=O)(O)OCCc1ccccc1CCO. The fourth-order valence-electron chi connectivity index (χ4n) is 1.42. The van der Waals surface area contributed by atoms with E-state index < -0.39 is 10.4 Å². The van der Waals surface area contributed by atoms with Gasteiger partial charge in [-0.2, -0.15) is 8.42 Å². The maximum absolute atomic E-state index is 10.3. The number of hydrogen-bond acceptors (Lipinski definition) is 4. The molecule has 0 fully saturated rings. The Balaban J connectivity index is 2.59. The fourth-order valence-corrected chi connectivity index (χ4v) is 1.72. The summed E-state index contributed by atoms with van der Waals surface area (Å²) in [5.41, 5.74) is 1.85. The van der Waals surface area contributed by atoms with Crippen LogP contribution in [-0.4, -0.2) is 31.3 Å². The van der Waals surface area contributed by atoms with E-state index in [2.05, 4.69) is 4.18 Å². The maximum atomic E-state index is 10.3. The average Bonchev–Trinajstić information content (AvgIpc) is 2.19. The second kappa shape index (κ2) is 5.95. The fraction of sp³-hybridized carbons (Fsp3) is 0.400. The average molecular weight is 246 g/mol. The predicted molar refractivity (Wildman–Crippen MR) is 58.4 cm³/mol. The van der Waals surface area contributed by atoms with Crippen molar-refractivity contribution in [3.63, 3.8) is 0 Å². The van der Waals surface area contributed by atoms with Gasteiger partial charge in [-0.25, -0.2) is 4.18 Å². The standard InChI is InChI=1S/C10H14O5S/c11-7-5-9-3-1-2-4-10(9)6-8-15-16(12,13)14/h1-4,11H,5-8H2,(H,12,13,14). The molecule has 0 saturated heterocycles. The van der Waals surface area contributed by atoms with E-state index in [0.717, 1.165) is 11.1 Å². The van der Waals surface area contributed by atoms with E-state index in [1.54, 1.807) is 0 Å². The number of hydrogen-bond donors (Lipinski definition) is 2. The molecule has 5 nitrogen and oxygen atoms in total. The van der Waals surface area contributed by atoms with Crippen molar-refractivity contribution in [3.05, 3.63) is 35.4 Å². The van der Waals surface area contributed by atoms with Crippen LogP contribution in [0.3, 0.4) is 0 Å². The number of rotatable bonds is 6. The van der Waals surface area contributed by atoms with E-state index in [0.29, 0.717) is 12.8 Å². The quantitative estimate of drug-likeness (QED) is 0.717. The van der Waals surface area contributed by atoms with Crippen LogP contribution in [0.4, 0.5) is 0 Å². The molecule has 0 aliphatic carbocycles. The van der Waals surface area contributed by atoms with E-state index >= 15 is 0 Å². The maximum Gasteiger partial charge on any atom is 0.397 e. The molecule has 1 rings (SSSR count). The molecule has 0 atom stereocenters. The Morgan fingerprint density at radius 3 is 2.19 bits per heavy atom. The molecule has 16 heavy (non-hydrogen) atoms. The summed E-state index contributed by atoms with van der Waals surface area (Å²) >= 11 is 0. The highest BCUT2D eigenvalue weighted by Crippen LogP contribution is 2.10. The van der Waals surface area contributed by atoms with Crippen LogP contribution >= 0.6 is 0 Å². The highest BCUT2D eigenvalue weighted by atomic mass is 32.3. The minimum atomic E-state index is -4.37. The zero-order valence-electron chi connectivity index (χ0n) is 8.67. The summed E-state index contributed by atoms with van der Waals surface area (Å²) in [6, 6.07) is 7.36. The third kappa shape index (κ3) is 4.71. The topological polar surface area (TPSA) is 83.8 Å². The first-order valence-electron chi connectivity index (χ1n) is 4.82. The van der Waals surface area contributed by atoms with Gasteiger partial charge in [-0.1, -0.05) is 24.3 Å². The first kappa shape index (κ1) is 13.1. The lowest BCUT2D eigenvalue weighted by Crippen LogP contribution is -2.08. The second-order valence-corrected chi connectivity index (χ2v) is 4.33. The molecule has 2 N–H and O–H groups in total. The third-order valence-corrected chi connectivity index (χ3v) is 2.57. The van der Waals surface area contributed by atoms with Gasteiger partial charge in [-0.3, -0.25) is 4.55 Å². The predicted octanol–water partition coefficient (Wildman–Crippen LogP) is 0.583. The Kier molecular flexibility index (Phi) is 4.88. The van der Waals surface area contributed by atoms with Gasteiger partial charge in [0, 0.05) is 6.61 Å². The van der Waals surface area contributed by atoms with Crippen molar-refractivity contribution < 1.29 is 22.3 Å². The third-order valence-electron chi connectivity index (χ3n) is 2.10. The molecule has 0 amide bonds. The summed E-state index contributed by atoms with van der Waals surface area (Å²) in [4.78, 5) is 0. The smallest absolute Gasteiger partial charge is 0.396 e. The lowest BCUT2D eigenvalue weighted by molar-refractivity contribution is 0.270. The summed E-state index contributed by atoms with van der Waals surface area (Å²) in [6.07, 6.45) is 0.887. The lowest BCUT2D eigenvalue weighted by atomic mass is 10.0. The van der Waals surface area contributed by atoms with Crippen LogP contribution in [0.1, 0.15) is 11.1 Å². The Morgan fingerprint density at radius 1 is 1.12 bits per heavy atom. The van der Waals surface area contributed by atoms with Crippen LogP contribution < -0.4 is 0 Å². The zero-order valence-corrected chi connectivity index (χ0v) is 9.48. The number of aliphatic hydroxyl groups excluding tert-OH is 1. The molecule has 0 spiro atoms. The van der Waals surface area contributed by atoms with Gasteiger partial charge >= 0.3 is 10.4 Å². The highest BCUT2D eigenvalue weighted by molar-refractivity contribution is 7.80. The molecule has 0 radical (unpaired) electrons. The van der Waals surface area contributed by atoms with E-state index in [1.165, 1.54) is 0 Å². The lowest BCUT2D eigenvalue weighted by Gasteiger charge is -2.07. The van der Waals surface area contributed by atoms with Crippen molar-refractivity contribution >= 4 is 10.4 Å². The molecule has 90 valence electrons. The van der Waals surface area contributed by atoms with Crippen LogP contribution in [0.15, 0.2) is 24.3 Å². The van der Waals surface area contributed by atoms with Gasteiger partial charge in [0.05, 0.1) is 6.61 Å². The second-order valence-electron chi connectivity index (χ2n) is 3.24. The molecule has 0 aromatic heterocycles. The Hall–Kier alpha value is -0.950. The molecule has 0 unspecified atom stereocenters. The molecule has 1 aromatic rings. The van der Waals surface area contributed by atoms with E-state index in [4.69, 9.17) is 9.66 Å². The van der Waals surface area contributed by atoms with E-state index in [9.17, 15) is 8.42 Å². The molecule has 0 aliphatic rings. The van der Waals surface area contributed by atoms with Crippen LogP contribution in [-0.2, 0) is 27.4 Å². The van der Waals surface area contributed by atoms with Crippen molar-refractivity contribution in [1.82, 2.24) is 0 Å². The molecule has 0 saturated carbocycles. The molecule has 0 aliphatic heterocycles. The molecular formula is C10H14O5S. The van der Waals surface area contributed by atoms with Crippen LogP contribution in [0.2, 0.25) is 0 Å². The van der Waals surface area contributed by atoms with Gasteiger partial charge in [0.15, 0.2) is 0 Å². The molecule has 0 bridgehead atoms. The van der Waals surface area contributed by atoms with Crippen LogP contribution in [0, 0.1) is 0 Å². The van der Waals surface area contributed by atoms with Crippen molar-refractivity contribution in [2.45, 2.75) is 12.8 Å². The molecular weight excluding hydrogens is 232 g/mol. The van der Waals surface area contributed by atoms with Gasteiger partial charge in [0.2, 0.25) is 0 Å². The number of aliphatic hydroxyl groups is 1. The van der Waals surface area contributed by atoms with Crippen molar-refractivity contribution in [1.29, 1.82) is 0 Å². The molecule has 1 aromatic carbocycles. The summed E-state index contributed by atoms with van der Waals surface area (Å²) in [5.74, 6) is 0. The summed E-state index contributed by atoms with van der Waals surface area (Å²) in [6.45, 7) is -0.0720. The molecule has 6 heteroatoms. The van der Waals surface area contributed by atoms with Crippen molar-refractivity contribution in [2.75, 3.05) is 13.2 Å². The Morgan fingerprint density at radius 2 is 1.69 bits per heavy atom. The summed E-state index contributed by atoms with van der Waals surface area (Å²) in [7, 11) is -4.37. The Bertz CT molecular complexity index is 427. The van der Waals surface area contributed by atoms with Crippen LogP contribution in [0.5, 0.6) is 0 Å². The first-order valence-corrected chi connectivity index (χ1v) is 6.19. The van der Waals surface area contributed by atoms with Crippen molar-refractivity contribution in [3.8, 4) is 0 Å². The van der Waals surface area contributed by atoms with Gasteiger partial charge in [0.25, 0.3) is 0 Å². The van der Waals surface area contributed by atoms with Gasteiger partial charge in [-0.15, -0.1) is 0 Å². The van der Waals surface area contributed by atoms with Gasteiger partial charge in [-0.05, 0) is 24.0 Å². The minimum Gasteiger partial charge on any atom is -0.396 e. The van der Waals surface area contributed by atoms with E-state index in [-0.39, 0.29) is 13.2 Å².